The first kappa shape index (κ1) is 20.1. The molecule has 3 N–H and O–H groups in total. The molecule has 6 heteroatoms. The molecule has 28 heavy (non-hydrogen) atoms. The van der Waals surface area contributed by atoms with Gasteiger partial charge < -0.3 is 20.5 Å². The monoisotopic (exact) mass is 382 g/mol. The Kier molecular flexibility index (Phi) is 7.67. The van der Waals surface area contributed by atoms with Crippen LogP contribution in [0.5, 0.6) is 5.88 Å². The summed E-state index contributed by atoms with van der Waals surface area (Å²) in [4.78, 5) is 8.99. The molecule has 0 radical (unpaired) electrons. The zero-order valence-corrected chi connectivity index (χ0v) is 16.5. The molecule has 0 saturated heterocycles. The molecule has 6 nitrogen and oxygen atoms in total. The van der Waals surface area contributed by atoms with Crippen molar-refractivity contribution >= 4 is 5.96 Å². The molecule has 150 valence electrons. The third-order valence-corrected chi connectivity index (χ3v) is 4.73. The van der Waals surface area contributed by atoms with Crippen molar-refractivity contribution in [2.45, 2.75) is 32.2 Å². The lowest BCUT2D eigenvalue weighted by Crippen LogP contribution is -2.39. The zero-order valence-electron chi connectivity index (χ0n) is 16.5. The summed E-state index contributed by atoms with van der Waals surface area (Å²) in [7, 11) is 0. The first-order valence-electron chi connectivity index (χ1n) is 10.0. The standard InChI is InChI=1S/C22H30N4O2/c1-2-23-22(26-14-20(15-27)19-6-4-3-5-7-19)25-13-18-10-11-21(24-12-18)28-16-17-8-9-17/h3-7,10-12,17,20,27H,2,8-9,13-16H2,1H3,(H2,23,25,26). The van der Waals surface area contributed by atoms with E-state index in [1.807, 2.05) is 55.6 Å². The molecule has 0 spiro atoms. The van der Waals surface area contributed by atoms with Crippen LogP contribution in [0, 0.1) is 5.92 Å². The fourth-order valence-corrected chi connectivity index (χ4v) is 2.82. The maximum Gasteiger partial charge on any atom is 0.213 e. The second kappa shape index (κ2) is 10.7. The molecular formula is C22H30N4O2. The number of benzene rings is 1. The summed E-state index contributed by atoms with van der Waals surface area (Å²) in [6, 6.07) is 13.9. The third-order valence-electron chi connectivity index (χ3n) is 4.73. The van der Waals surface area contributed by atoms with Gasteiger partial charge in [0.2, 0.25) is 5.88 Å². The maximum absolute atomic E-state index is 9.72. The minimum absolute atomic E-state index is 0.0228. The molecular weight excluding hydrogens is 352 g/mol. The number of aliphatic hydroxyl groups is 1. The maximum atomic E-state index is 9.72. The summed E-state index contributed by atoms with van der Waals surface area (Å²) in [6.07, 6.45) is 4.36. The molecule has 1 aliphatic carbocycles. The van der Waals surface area contributed by atoms with Crippen LogP contribution in [0.15, 0.2) is 53.7 Å². The van der Waals surface area contributed by atoms with E-state index in [0.29, 0.717) is 19.0 Å². The number of guanidine groups is 1. The Morgan fingerprint density at radius 1 is 1.21 bits per heavy atom. The first-order valence-corrected chi connectivity index (χ1v) is 10.0. The highest BCUT2D eigenvalue weighted by atomic mass is 16.5. The summed E-state index contributed by atoms with van der Waals surface area (Å²) in [5.74, 6) is 2.15. The number of pyridine rings is 1. The molecule has 0 aliphatic heterocycles. The van der Waals surface area contributed by atoms with Crippen LogP contribution in [0.1, 0.15) is 36.8 Å². The van der Waals surface area contributed by atoms with Crippen molar-refractivity contribution in [3.8, 4) is 5.88 Å². The normalized spacial score (nSPS) is 15.1. The molecule has 1 aliphatic rings. The van der Waals surface area contributed by atoms with Crippen molar-refractivity contribution in [2.24, 2.45) is 10.9 Å². The van der Waals surface area contributed by atoms with Gasteiger partial charge in [0, 0.05) is 31.3 Å². The molecule has 1 heterocycles. The van der Waals surface area contributed by atoms with Crippen LogP contribution in [0.4, 0.5) is 0 Å². The van der Waals surface area contributed by atoms with Crippen LogP contribution in [0.25, 0.3) is 0 Å². The predicted molar refractivity (Wildman–Crippen MR) is 112 cm³/mol. The largest absolute Gasteiger partial charge is 0.477 e. The van der Waals surface area contributed by atoms with Gasteiger partial charge in [-0.3, -0.25) is 0 Å². The highest BCUT2D eigenvalue weighted by molar-refractivity contribution is 5.79. The van der Waals surface area contributed by atoms with Crippen molar-refractivity contribution < 1.29 is 9.84 Å². The Balaban J connectivity index is 1.52. The lowest BCUT2D eigenvalue weighted by molar-refractivity contribution is 0.265. The van der Waals surface area contributed by atoms with Crippen LogP contribution in [-0.4, -0.2) is 42.4 Å². The lowest BCUT2D eigenvalue weighted by Gasteiger charge is -2.18. The van der Waals surface area contributed by atoms with E-state index in [0.717, 1.165) is 36.2 Å². The van der Waals surface area contributed by atoms with Gasteiger partial charge in [0.15, 0.2) is 5.96 Å². The molecule has 2 aromatic rings. The topological polar surface area (TPSA) is 78.8 Å². The van der Waals surface area contributed by atoms with Crippen LogP contribution < -0.4 is 15.4 Å². The highest BCUT2D eigenvalue weighted by Gasteiger charge is 2.22. The molecule has 0 bridgehead atoms. The number of hydrogen-bond acceptors (Lipinski definition) is 4. The molecule has 1 unspecified atom stereocenters. The van der Waals surface area contributed by atoms with Crippen molar-refractivity contribution in [1.82, 2.24) is 15.6 Å². The van der Waals surface area contributed by atoms with Crippen LogP contribution in [0.2, 0.25) is 0 Å². The summed E-state index contributed by atoms with van der Waals surface area (Å²) in [5.41, 5.74) is 2.14. The number of nitrogens with zero attached hydrogens (tertiary/aromatic N) is 2. The summed E-state index contributed by atoms with van der Waals surface area (Å²) < 4.78 is 5.67. The molecule has 3 rings (SSSR count). The van der Waals surface area contributed by atoms with E-state index in [9.17, 15) is 5.11 Å². The van der Waals surface area contributed by atoms with E-state index in [1.54, 1.807) is 0 Å². The van der Waals surface area contributed by atoms with Gasteiger partial charge in [-0.05, 0) is 36.8 Å². The average molecular weight is 383 g/mol. The van der Waals surface area contributed by atoms with Gasteiger partial charge in [-0.1, -0.05) is 36.4 Å². The number of ether oxygens (including phenoxy) is 1. The van der Waals surface area contributed by atoms with Crippen molar-refractivity contribution in [3.63, 3.8) is 0 Å². The van der Waals surface area contributed by atoms with Gasteiger partial charge in [0.1, 0.15) is 0 Å². The fourth-order valence-electron chi connectivity index (χ4n) is 2.82. The quantitative estimate of drug-likeness (QED) is 0.435. The molecule has 1 aromatic heterocycles. The van der Waals surface area contributed by atoms with Crippen LogP contribution in [0.3, 0.4) is 0 Å². The van der Waals surface area contributed by atoms with Crippen molar-refractivity contribution in [3.05, 3.63) is 59.8 Å². The number of rotatable bonds is 10. The molecule has 1 fully saturated rings. The highest BCUT2D eigenvalue weighted by Crippen LogP contribution is 2.29. The predicted octanol–water partition coefficient (Wildman–Crippen LogP) is 2.70. The minimum Gasteiger partial charge on any atom is -0.477 e. The molecule has 1 atom stereocenters. The SMILES string of the molecule is CCNC(=NCc1ccc(OCC2CC2)nc1)NCC(CO)c1ccccc1. The number of hydrogen-bond donors (Lipinski definition) is 3. The Morgan fingerprint density at radius 3 is 2.68 bits per heavy atom. The third kappa shape index (κ3) is 6.53. The molecule has 1 aromatic carbocycles. The Morgan fingerprint density at radius 2 is 2.04 bits per heavy atom. The van der Waals surface area contributed by atoms with Gasteiger partial charge in [-0.2, -0.15) is 0 Å². The fraction of sp³-hybridized carbons (Fsp3) is 0.455. The van der Waals surface area contributed by atoms with E-state index in [2.05, 4.69) is 20.6 Å². The van der Waals surface area contributed by atoms with Crippen molar-refractivity contribution in [2.75, 3.05) is 26.3 Å². The van der Waals surface area contributed by atoms with E-state index in [-0.39, 0.29) is 12.5 Å². The zero-order chi connectivity index (χ0) is 19.6. The van der Waals surface area contributed by atoms with Gasteiger partial charge in [0.05, 0.1) is 19.8 Å². The summed E-state index contributed by atoms with van der Waals surface area (Å²) >= 11 is 0. The second-order valence-electron chi connectivity index (χ2n) is 7.13. The van der Waals surface area contributed by atoms with E-state index < -0.39 is 0 Å². The number of aromatic nitrogens is 1. The Bertz CT molecular complexity index is 730. The second-order valence-corrected chi connectivity index (χ2v) is 7.13. The van der Waals surface area contributed by atoms with Gasteiger partial charge in [0.25, 0.3) is 0 Å². The summed E-state index contributed by atoms with van der Waals surface area (Å²) in [6.45, 7) is 4.80. The molecule has 1 saturated carbocycles. The molecule has 0 amide bonds. The Labute approximate surface area is 167 Å². The van der Waals surface area contributed by atoms with E-state index >= 15 is 0 Å². The van der Waals surface area contributed by atoms with E-state index in [4.69, 9.17) is 4.74 Å². The average Bonchev–Trinajstić information content (AvgIpc) is 3.57. The smallest absolute Gasteiger partial charge is 0.213 e. The lowest BCUT2D eigenvalue weighted by atomic mass is 10.0. The number of aliphatic imine (C=N–C) groups is 1. The first-order chi connectivity index (χ1) is 13.8. The number of nitrogens with one attached hydrogen (secondary N) is 2. The minimum atomic E-state index is 0.0228. The van der Waals surface area contributed by atoms with Crippen molar-refractivity contribution in [1.29, 1.82) is 0 Å². The Hall–Kier alpha value is -2.60. The van der Waals surface area contributed by atoms with E-state index in [1.165, 1.54) is 12.8 Å². The van der Waals surface area contributed by atoms with Gasteiger partial charge in [-0.25, -0.2) is 9.98 Å². The van der Waals surface area contributed by atoms with Gasteiger partial charge >= 0.3 is 0 Å². The van der Waals surface area contributed by atoms with Gasteiger partial charge in [-0.15, -0.1) is 0 Å². The number of aliphatic hydroxyl groups excluding tert-OH is 1. The summed E-state index contributed by atoms with van der Waals surface area (Å²) in [5, 5.41) is 16.3. The van der Waals surface area contributed by atoms with Crippen LogP contribution in [-0.2, 0) is 6.54 Å². The van der Waals surface area contributed by atoms with Crippen LogP contribution >= 0.6 is 0 Å².